The van der Waals surface area contributed by atoms with E-state index in [9.17, 15) is 54.0 Å². The van der Waals surface area contributed by atoms with Crippen LogP contribution in [0.4, 0.5) is 0 Å². The molecule has 552 valence electrons. The van der Waals surface area contributed by atoms with E-state index in [0.29, 0.717) is 85.3 Å². The zero-order chi connectivity index (χ0) is 74.6. The number of ketones is 6. The number of carbonyl (C=O) groups excluding carboxylic acids is 7. The van der Waals surface area contributed by atoms with E-state index in [2.05, 4.69) is 35.7 Å². The maximum atomic E-state index is 12.9. The zero-order valence-electron chi connectivity index (χ0n) is 58.3. The van der Waals surface area contributed by atoms with Crippen LogP contribution in [0.2, 0.25) is 0 Å². The summed E-state index contributed by atoms with van der Waals surface area (Å²) in [6.07, 6.45) is 25.7. The molecule has 4 aliphatic heterocycles. The van der Waals surface area contributed by atoms with Crippen molar-refractivity contribution in [3.63, 3.8) is 0 Å². The highest BCUT2D eigenvalue weighted by atomic mass is 33.1. The number of imidazole rings is 1. The van der Waals surface area contributed by atoms with Crippen LogP contribution in [0, 0.1) is 35.0 Å². The number of para-hydroxylation sites is 1. The average Bonchev–Trinajstić information content (AvgIpc) is 1.63. The van der Waals surface area contributed by atoms with E-state index in [4.69, 9.17) is 28.8 Å². The highest BCUT2D eigenvalue weighted by Crippen LogP contribution is 2.68. The molecule has 0 amide bonds. The lowest BCUT2D eigenvalue weighted by Gasteiger charge is -2.62. The molecule has 6 heterocycles. The number of benzene rings is 6. The molecule has 6 N–H and O–H groups in total. The Hall–Kier alpha value is -10.3. The maximum absolute atomic E-state index is 12.9. The van der Waals surface area contributed by atoms with Crippen LogP contribution in [-0.4, -0.2) is 112 Å². The predicted molar refractivity (Wildman–Crippen MR) is 410 cm³/mol. The minimum absolute atomic E-state index is 0. The molecule has 107 heavy (non-hydrogen) atoms. The number of ether oxygens (including phenoxy) is 5. The molecule has 8 aromatic rings. The van der Waals surface area contributed by atoms with E-state index >= 15 is 0 Å². The fourth-order valence-corrected chi connectivity index (χ4v) is 18.5. The van der Waals surface area contributed by atoms with Crippen LogP contribution in [0.15, 0.2) is 205 Å². The minimum Gasteiger partial charge on any atom is -0.508 e. The molecule has 23 heteroatoms. The van der Waals surface area contributed by atoms with Crippen molar-refractivity contribution >= 4 is 107 Å². The highest BCUT2D eigenvalue weighted by molar-refractivity contribution is 8.76. The van der Waals surface area contributed by atoms with E-state index in [1.54, 1.807) is 59.5 Å². The van der Waals surface area contributed by atoms with Crippen LogP contribution in [0.5, 0.6) is 34.5 Å². The van der Waals surface area contributed by atoms with Gasteiger partial charge in [0, 0.05) is 51.8 Å². The fraction of sp³-hybridized carbons (Fsp3) is 0.298. The molecular formula is C84H81N3O17S3. The molecule has 6 aromatic carbocycles. The van der Waals surface area contributed by atoms with E-state index in [1.807, 2.05) is 77.7 Å². The van der Waals surface area contributed by atoms with Crippen LogP contribution in [0.1, 0.15) is 111 Å². The molecule has 2 aromatic heterocycles. The number of rotatable bonds is 13. The van der Waals surface area contributed by atoms with E-state index in [0.717, 1.165) is 58.2 Å². The van der Waals surface area contributed by atoms with Crippen LogP contribution >= 0.6 is 32.9 Å². The summed E-state index contributed by atoms with van der Waals surface area (Å²) in [6.45, 7) is 6.96. The third-order valence-electron chi connectivity index (χ3n) is 20.8. The molecule has 5 fully saturated rings. The second-order valence-electron chi connectivity index (χ2n) is 27.3. The van der Waals surface area contributed by atoms with Crippen molar-refractivity contribution in [1.82, 2.24) is 15.0 Å². The largest absolute Gasteiger partial charge is 0.508 e. The number of aromatic nitrogens is 3. The molecule has 2 spiro atoms. The van der Waals surface area contributed by atoms with Gasteiger partial charge >= 0.3 is 5.97 Å². The normalized spacial score (nSPS) is 23.4. The quantitative estimate of drug-likeness (QED) is 0.0205. The fourth-order valence-electron chi connectivity index (χ4n) is 15.4. The summed E-state index contributed by atoms with van der Waals surface area (Å²) >= 11 is 1.43. The number of phenols is 3. The number of aromatic hydroxyl groups is 3. The lowest BCUT2D eigenvalue weighted by molar-refractivity contribution is -0.187. The van der Waals surface area contributed by atoms with Gasteiger partial charge < -0.3 is 54.2 Å². The Morgan fingerprint density at radius 3 is 2.13 bits per heavy atom. The van der Waals surface area contributed by atoms with Crippen LogP contribution in [0.25, 0.3) is 33.1 Å². The number of fused-ring (bicyclic) bond motifs is 7. The van der Waals surface area contributed by atoms with Gasteiger partial charge in [0.15, 0.2) is 57.0 Å². The number of thiazole rings is 1. The first-order chi connectivity index (χ1) is 51.1. The number of esters is 1. The Bertz CT molecular complexity index is 4850. The van der Waals surface area contributed by atoms with Gasteiger partial charge in [-0.05, 0) is 199 Å². The molecular weight excluding hydrogens is 1420 g/mol. The van der Waals surface area contributed by atoms with Crippen molar-refractivity contribution in [2.45, 2.75) is 114 Å². The van der Waals surface area contributed by atoms with Gasteiger partial charge in [-0.1, -0.05) is 106 Å². The summed E-state index contributed by atoms with van der Waals surface area (Å²) < 4.78 is 30.7. The molecule has 3 saturated heterocycles. The number of allylic oxidation sites excluding steroid dienone is 7. The first-order valence-electron chi connectivity index (χ1n) is 35.0. The van der Waals surface area contributed by atoms with Crippen LogP contribution < -0.4 is 14.2 Å². The van der Waals surface area contributed by atoms with Crippen molar-refractivity contribution < 1.29 is 82.8 Å². The van der Waals surface area contributed by atoms with Crippen molar-refractivity contribution in [2.75, 3.05) is 13.7 Å². The third-order valence-corrected chi connectivity index (χ3v) is 24.9. The Labute approximate surface area is 630 Å². The van der Waals surface area contributed by atoms with Gasteiger partial charge in [-0.3, -0.25) is 33.6 Å². The first-order valence-corrected chi connectivity index (χ1v) is 38.0. The second-order valence-corrected chi connectivity index (χ2v) is 31.0. The van der Waals surface area contributed by atoms with E-state index in [-0.39, 0.29) is 107 Å². The monoisotopic (exact) mass is 1500 g/mol. The van der Waals surface area contributed by atoms with Gasteiger partial charge in [0.1, 0.15) is 34.1 Å². The molecule has 6 aliphatic carbocycles. The molecule has 2 bridgehead atoms. The lowest BCUT2D eigenvalue weighted by Crippen LogP contribution is -2.64. The Balaban J connectivity index is 0.000000128. The summed E-state index contributed by atoms with van der Waals surface area (Å²) in [7, 11) is 4.99. The number of H-pyrrole nitrogens is 1. The first kappa shape index (κ1) is 76.4. The lowest BCUT2D eigenvalue weighted by atomic mass is 9.43. The maximum Gasteiger partial charge on any atom is 0.310 e. The number of nitrogens with zero attached hydrogens (tertiary/aromatic N) is 2. The third kappa shape index (κ3) is 15.7. The average molecular weight is 1500 g/mol. The molecule has 2 saturated carbocycles. The summed E-state index contributed by atoms with van der Waals surface area (Å²) in [6, 6.07) is 33.4. The number of aromatic amines is 1. The van der Waals surface area contributed by atoms with E-state index < -0.39 is 17.5 Å². The van der Waals surface area contributed by atoms with Gasteiger partial charge in [-0.25, -0.2) is 9.97 Å². The Morgan fingerprint density at radius 1 is 0.776 bits per heavy atom. The number of methoxy groups -OCH3 is 1. The number of nitrogens with one attached hydrogen (secondary N) is 1. The van der Waals surface area contributed by atoms with Crippen LogP contribution in [-0.2, 0) is 56.2 Å². The molecule has 10 aliphatic rings. The molecule has 18 rings (SSSR count). The molecule has 0 radical (unpaired) electrons. The van der Waals surface area contributed by atoms with Gasteiger partial charge in [0.25, 0.3) is 5.79 Å². The van der Waals surface area contributed by atoms with Gasteiger partial charge in [-0.15, -0.1) is 11.3 Å². The van der Waals surface area contributed by atoms with E-state index in [1.165, 1.54) is 110 Å². The number of hydrogen-bond donors (Lipinski definition) is 6. The SMILES string of the molecule is C.CCC(C)SSc1ncc[nH]1.COc1cc(/C=C/C(=O)CC(=O)/C=C/c2ccc(O)c(CO)c2)ccc1O.C[C@@H]1COC2C3=C(C(=O)C=CC3=O)[C@H]3OC(=O)[C@@H]4CC[C@H]5CC1CC[C@@]25C34.O=C1C=CC(O)(c2nc3ccccc3s2)C=C1.O=C1C=CC2(Oc3cccc4cccc(c34)O2)c2cccc(O)c21. The number of aliphatic hydroxyl groups excluding tert-OH is 1. The van der Waals surface area contributed by atoms with Gasteiger partial charge in [-0.2, -0.15) is 0 Å². The number of aliphatic hydroxyl groups is 2. The van der Waals surface area contributed by atoms with Crippen molar-refractivity contribution in [3.8, 4) is 34.5 Å². The number of phenolic OH excluding ortho intramolecular Hbond substituents is 2. The Kier molecular flexibility index (Phi) is 23.2. The van der Waals surface area contributed by atoms with Gasteiger partial charge in [0.05, 0.1) is 65.5 Å². The summed E-state index contributed by atoms with van der Waals surface area (Å²) in [4.78, 5) is 97.1. The number of carbonyl (C=O) groups is 7. The van der Waals surface area contributed by atoms with Crippen molar-refractivity contribution in [3.05, 3.63) is 232 Å². The zero-order valence-corrected chi connectivity index (χ0v) is 60.7. The van der Waals surface area contributed by atoms with Gasteiger partial charge in [0.2, 0.25) is 0 Å². The van der Waals surface area contributed by atoms with Crippen molar-refractivity contribution in [1.29, 1.82) is 0 Å². The topological polar surface area (TPSA) is 308 Å². The number of hydrogen-bond acceptors (Lipinski definition) is 22. The predicted octanol–water partition coefficient (Wildman–Crippen LogP) is 14.9. The van der Waals surface area contributed by atoms with Crippen LogP contribution in [0.3, 0.4) is 0 Å². The molecule has 4 unspecified atom stereocenters. The second kappa shape index (κ2) is 32.4. The molecule has 9 atom stereocenters. The smallest absolute Gasteiger partial charge is 0.310 e. The van der Waals surface area contributed by atoms with Crippen molar-refractivity contribution in [2.24, 2.45) is 35.0 Å². The summed E-state index contributed by atoms with van der Waals surface area (Å²) in [5.74, 6) is 0.0320. The summed E-state index contributed by atoms with van der Waals surface area (Å²) in [5, 5.41) is 52.9. The standard InChI is InChI=1S/C22H24O5.C21H20O6.C20H12O4.C13H9NO2S.C7H12N2S2.CH4/c1-10-9-26-20-17-15(24)5-4-14(23)16(17)19-18-13(21(25)27-19)3-2-12-8-11(10)6-7-22(12,18)20;1-27-21-11-15(5-9-20(21)26)3-7-18(24)12-17(23)6-2-14-4-8-19(25)16(10-14)13-22;21-14-7-3-6-13-19(14)15(22)10-11-20(13)23-16-8-1-4-12-5-2-9-17(24-20)18(12)16;15-9-5-7-13(16,8-6-9)12-14-10-3-1-2-4-11(10)17-12;1-3-6(2)10-11-7-8-4-5-9-7;/h4-5,10-13,18-20H,2-3,6-9H2,1H3;2-11,22,25-26H,12-13H2,1H3;1-11,21H;1-8,16H;4-6H,3H2,1-2H3,(H,8,9);1H4/b;6-2+,7-3+;;;;/t10-,11?,12+,13-,18?,19-,20?,22-;;;;;/m1...../s1. The minimum atomic E-state index is -1.26. The summed E-state index contributed by atoms with van der Waals surface area (Å²) in [5.41, 5.74) is 2.63. The molecule has 20 nitrogen and oxygen atoms in total. The Morgan fingerprint density at radius 2 is 1.46 bits per heavy atom. The highest BCUT2D eigenvalue weighted by Gasteiger charge is 2.70.